The molecule has 0 bridgehead atoms. The van der Waals surface area contributed by atoms with Gasteiger partial charge in [0.1, 0.15) is 0 Å². The number of amides is 2. The maximum atomic E-state index is 11.8. The van der Waals surface area contributed by atoms with Crippen molar-refractivity contribution in [1.82, 2.24) is 15.5 Å². The number of hydrogen-bond acceptors (Lipinski definition) is 4. The van der Waals surface area contributed by atoms with Gasteiger partial charge in [0.05, 0.1) is 6.04 Å². The number of carbonyl (C=O) groups excluding carboxylic acids is 2. The molecule has 0 saturated carbocycles. The Bertz CT molecular complexity index is 467. The first-order valence-corrected chi connectivity index (χ1v) is 8.37. The average molecular weight is 309 g/mol. The second-order valence-corrected chi connectivity index (χ2v) is 6.43. The number of nitrogens with one attached hydrogen (secondary N) is 2. The van der Waals surface area contributed by atoms with Crippen molar-refractivity contribution in [2.75, 3.05) is 19.6 Å². The summed E-state index contributed by atoms with van der Waals surface area (Å²) in [5, 5.41) is 9.53. The maximum Gasteiger partial charge on any atom is 0.309 e. The van der Waals surface area contributed by atoms with E-state index in [1.54, 1.807) is 11.3 Å². The van der Waals surface area contributed by atoms with Crippen LogP contribution in [0.25, 0.3) is 0 Å². The Labute approximate surface area is 129 Å². The van der Waals surface area contributed by atoms with Crippen LogP contribution in [0.3, 0.4) is 0 Å². The molecular formula is C15H23N3O2S. The number of rotatable bonds is 5. The quantitative estimate of drug-likeness (QED) is 0.811. The molecule has 5 nitrogen and oxygen atoms in total. The predicted octanol–water partition coefficient (Wildman–Crippen LogP) is 1.53. The molecule has 0 radical (unpaired) electrons. The normalized spacial score (nSPS) is 16.9. The highest BCUT2D eigenvalue weighted by Gasteiger charge is 2.25. The molecule has 0 spiro atoms. The van der Waals surface area contributed by atoms with Gasteiger partial charge in [0.2, 0.25) is 0 Å². The van der Waals surface area contributed by atoms with Crippen molar-refractivity contribution in [2.24, 2.45) is 0 Å². The van der Waals surface area contributed by atoms with Crippen molar-refractivity contribution in [1.29, 1.82) is 0 Å². The lowest BCUT2D eigenvalue weighted by atomic mass is 10.1. The summed E-state index contributed by atoms with van der Waals surface area (Å²) < 4.78 is 0. The topological polar surface area (TPSA) is 61.4 Å². The van der Waals surface area contributed by atoms with E-state index in [-0.39, 0.29) is 12.1 Å². The Hall–Kier alpha value is -1.40. The van der Waals surface area contributed by atoms with E-state index in [1.807, 2.05) is 19.2 Å². The van der Waals surface area contributed by atoms with Crippen molar-refractivity contribution in [3.63, 3.8) is 0 Å². The van der Waals surface area contributed by atoms with Gasteiger partial charge in [-0.05, 0) is 62.2 Å². The van der Waals surface area contributed by atoms with E-state index in [2.05, 4.69) is 27.0 Å². The fourth-order valence-corrected chi connectivity index (χ4v) is 3.28. The molecule has 1 fully saturated rings. The minimum absolute atomic E-state index is 0.0329. The van der Waals surface area contributed by atoms with Crippen molar-refractivity contribution in [2.45, 2.75) is 38.8 Å². The van der Waals surface area contributed by atoms with Crippen LogP contribution in [0, 0.1) is 0 Å². The molecular weight excluding hydrogens is 286 g/mol. The Balaban J connectivity index is 1.93. The summed E-state index contributed by atoms with van der Waals surface area (Å²) in [5.74, 6) is -1.11. The van der Waals surface area contributed by atoms with Crippen molar-refractivity contribution in [3.8, 4) is 0 Å². The third kappa shape index (κ3) is 4.54. The minimum Gasteiger partial charge on any atom is -0.346 e. The number of likely N-dealkylation sites (tertiary alicyclic amines) is 1. The van der Waals surface area contributed by atoms with Crippen LogP contribution in [0.5, 0.6) is 0 Å². The molecule has 0 aromatic carbocycles. The molecule has 2 rings (SSSR count). The standard InChI is InChI=1S/C15H23N3O2S/c1-11(2)17-15(20)14(19)16-9-13(12-5-8-21-10-12)18-6-3-4-7-18/h5,8,10-11,13H,3-4,6-7,9H2,1-2H3,(H,16,19)(H,17,20). The smallest absolute Gasteiger partial charge is 0.309 e. The van der Waals surface area contributed by atoms with Crippen molar-refractivity contribution in [3.05, 3.63) is 22.4 Å². The Morgan fingerprint density at radius 1 is 1.29 bits per heavy atom. The van der Waals surface area contributed by atoms with Crippen LogP contribution in [0.2, 0.25) is 0 Å². The van der Waals surface area contributed by atoms with E-state index in [1.165, 1.54) is 18.4 Å². The summed E-state index contributed by atoms with van der Waals surface area (Å²) in [4.78, 5) is 25.8. The van der Waals surface area contributed by atoms with Gasteiger partial charge in [0.25, 0.3) is 0 Å². The van der Waals surface area contributed by atoms with Crippen LogP contribution in [0.4, 0.5) is 0 Å². The predicted molar refractivity (Wildman–Crippen MR) is 84.2 cm³/mol. The van der Waals surface area contributed by atoms with Crippen LogP contribution in [0.15, 0.2) is 16.8 Å². The molecule has 1 saturated heterocycles. The van der Waals surface area contributed by atoms with Gasteiger partial charge in [-0.1, -0.05) is 0 Å². The van der Waals surface area contributed by atoms with Crippen LogP contribution >= 0.6 is 11.3 Å². The molecule has 1 atom stereocenters. The van der Waals surface area contributed by atoms with E-state index in [4.69, 9.17) is 0 Å². The zero-order valence-electron chi connectivity index (χ0n) is 12.6. The van der Waals surface area contributed by atoms with Gasteiger partial charge in [-0.15, -0.1) is 0 Å². The first-order chi connectivity index (χ1) is 10.1. The first kappa shape index (κ1) is 16.0. The summed E-state index contributed by atoms with van der Waals surface area (Å²) >= 11 is 1.66. The van der Waals surface area contributed by atoms with Crippen LogP contribution < -0.4 is 10.6 Å². The third-order valence-corrected chi connectivity index (χ3v) is 4.29. The van der Waals surface area contributed by atoms with Gasteiger partial charge in [-0.2, -0.15) is 11.3 Å². The maximum absolute atomic E-state index is 11.8. The monoisotopic (exact) mass is 309 g/mol. The first-order valence-electron chi connectivity index (χ1n) is 7.42. The second-order valence-electron chi connectivity index (χ2n) is 5.65. The van der Waals surface area contributed by atoms with Gasteiger partial charge >= 0.3 is 11.8 Å². The summed E-state index contributed by atoms with van der Waals surface area (Å²) in [6.07, 6.45) is 2.39. The number of nitrogens with zero attached hydrogens (tertiary/aromatic N) is 1. The highest BCUT2D eigenvalue weighted by atomic mass is 32.1. The highest BCUT2D eigenvalue weighted by Crippen LogP contribution is 2.26. The largest absolute Gasteiger partial charge is 0.346 e. The molecule has 2 N–H and O–H groups in total. The number of carbonyl (C=O) groups is 2. The minimum atomic E-state index is -0.560. The SMILES string of the molecule is CC(C)NC(=O)C(=O)NCC(c1ccsc1)N1CCCC1. The molecule has 116 valence electrons. The van der Waals surface area contributed by atoms with E-state index in [9.17, 15) is 9.59 Å². The summed E-state index contributed by atoms with van der Waals surface area (Å²) in [6.45, 7) is 6.25. The second kappa shape index (κ2) is 7.56. The molecule has 0 aliphatic carbocycles. The van der Waals surface area contributed by atoms with Gasteiger partial charge < -0.3 is 10.6 Å². The van der Waals surface area contributed by atoms with Crippen LogP contribution in [0.1, 0.15) is 38.3 Å². The van der Waals surface area contributed by atoms with Crippen LogP contribution in [-0.4, -0.2) is 42.4 Å². The Morgan fingerprint density at radius 2 is 2.00 bits per heavy atom. The lowest BCUT2D eigenvalue weighted by Crippen LogP contribution is -2.45. The lowest BCUT2D eigenvalue weighted by Gasteiger charge is -2.27. The molecule has 1 unspecified atom stereocenters. The molecule has 1 aliphatic heterocycles. The van der Waals surface area contributed by atoms with Crippen molar-refractivity contribution >= 4 is 23.2 Å². The zero-order chi connectivity index (χ0) is 15.2. The number of thiophene rings is 1. The molecule has 6 heteroatoms. The number of hydrogen-bond donors (Lipinski definition) is 2. The summed E-state index contributed by atoms with van der Waals surface area (Å²) in [7, 11) is 0. The zero-order valence-corrected chi connectivity index (χ0v) is 13.4. The fraction of sp³-hybridized carbons (Fsp3) is 0.600. The highest BCUT2D eigenvalue weighted by molar-refractivity contribution is 7.07. The van der Waals surface area contributed by atoms with E-state index in [0.29, 0.717) is 6.54 Å². The molecule has 1 aromatic heterocycles. The summed E-state index contributed by atoms with van der Waals surface area (Å²) in [5.41, 5.74) is 1.21. The Morgan fingerprint density at radius 3 is 2.57 bits per heavy atom. The molecule has 1 aromatic rings. The molecule has 1 aliphatic rings. The van der Waals surface area contributed by atoms with E-state index in [0.717, 1.165) is 13.1 Å². The van der Waals surface area contributed by atoms with Gasteiger partial charge in [-0.3, -0.25) is 14.5 Å². The molecule has 2 heterocycles. The molecule has 2 amide bonds. The average Bonchev–Trinajstić information content (AvgIpc) is 3.11. The molecule has 21 heavy (non-hydrogen) atoms. The summed E-state index contributed by atoms with van der Waals surface area (Å²) in [6, 6.07) is 2.22. The fourth-order valence-electron chi connectivity index (χ4n) is 2.57. The van der Waals surface area contributed by atoms with Gasteiger partial charge in [0.15, 0.2) is 0 Å². The van der Waals surface area contributed by atoms with Gasteiger partial charge in [-0.25, -0.2) is 0 Å². The van der Waals surface area contributed by atoms with Crippen molar-refractivity contribution < 1.29 is 9.59 Å². The third-order valence-electron chi connectivity index (χ3n) is 3.59. The van der Waals surface area contributed by atoms with Gasteiger partial charge in [0, 0.05) is 12.6 Å². The van der Waals surface area contributed by atoms with Crippen LogP contribution in [-0.2, 0) is 9.59 Å². The van der Waals surface area contributed by atoms with E-state index < -0.39 is 11.8 Å². The van der Waals surface area contributed by atoms with E-state index >= 15 is 0 Å². The lowest BCUT2D eigenvalue weighted by molar-refractivity contribution is -0.139. The Kier molecular flexibility index (Phi) is 5.76.